The number of ether oxygens (including phenoxy) is 3. The monoisotopic (exact) mass is 543 g/mol. The van der Waals surface area contributed by atoms with Gasteiger partial charge >= 0.3 is 0 Å². The number of rotatable bonds is 12. The fraction of sp³-hybridized carbons (Fsp3) is 0.231. The fourth-order valence-electron chi connectivity index (χ4n) is 3.33. The number of carbonyl (C=O) groups excluding carboxylic acids is 1. The number of methoxy groups -OCH3 is 2. The van der Waals surface area contributed by atoms with Gasteiger partial charge in [0.2, 0.25) is 0 Å². The van der Waals surface area contributed by atoms with Crippen LogP contribution in [0.1, 0.15) is 12.5 Å². The van der Waals surface area contributed by atoms with E-state index in [-0.39, 0.29) is 4.90 Å². The standard InChI is InChI=1S/C26H29N3O6S2/c1-5-35-21-10-7-20(8-11-21)29(37(31,32)24-14-12-23(36-4)13-15-24)18-26(30)28-27-17-19-6-9-22(33-2)16-25(19)34-3/h6-17H,5,18H2,1-4H3,(H,28,30)/b27-17-. The number of carbonyl (C=O) groups is 1. The lowest BCUT2D eigenvalue weighted by molar-refractivity contribution is -0.119. The normalized spacial score (nSPS) is 11.2. The van der Waals surface area contributed by atoms with Crippen molar-refractivity contribution in [2.75, 3.05) is 37.9 Å². The maximum absolute atomic E-state index is 13.6. The summed E-state index contributed by atoms with van der Waals surface area (Å²) in [6.07, 6.45) is 3.31. The summed E-state index contributed by atoms with van der Waals surface area (Å²) in [6.45, 7) is 1.84. The van der Waals surface area contributed by atoms with E-state index < -0.39 is 22.5 Å². The smallest absolute Gasteiger partial charge is 0.264 e. The highest BCUT2D eigenvalue weighted by molar-refractivity contribution is 7.98. The van der Waals surface area contributed by atoms with Crippen molar-refractivity contribution in [2.24, 2.45) is 5.10 Å². The van der Waals surface area contributed by atoms with Crippen molar-refractivity contribution in [3.63, 3.8) is 0 Å². The summed E-state index contributed by atoms with van der Waals surface area (Å²) in [5, 5.41) is 3.98. The second-order valence-electron chi connectivity index (χ2n) is 7.52. The Morgan fingerprint density at radius 2 is 1.68 bits per heavy atom. The Morgan fingerprint density at radius 1 is 1.00 bits per heavy atom. The number of thioether (sulfide) groups is 1. The first-order valence-corrected chi connectivity index (χ1v) is 13.9. The third-order valence-corrected chi connectivity index (χ3v) is 7.74. The van der Waals surface area contributed by atoms with E-state index >= 15 is 0 Å². The van der Waals surface area contributed by atoms with Crippen LogP contribution in [0.15, 0.2) is 81.6 Å². The quantitative estimate of drug-likeness (QED) is 0.208. The maximum atomic E-state index is 13.6. The Kier molecular flexibility index (Phi) is 9.81. The van der Waals surface area contributed by atoms with Gasteiger partial charge in [-0.2, -0.15) is 5.10 Å². The number of sulfonamides is 1. The average Bonchev–Trinajstić information content (AvgIpc) is 2.92. The van der Waals surface area contributed by atoms with Gasteiger partial charge in [-0.3, -0.25) is 9.10 Å². The number of nitrogens with zero attached hydrogens (tertiary/aromatic N) is 2. The molecule has 0 unspecified atom stereocenters. The summed E-state index contributed by atoms with van der Waals surface area (Å²) in [5.41, 5.74) is 3.31. The van der Waals surface area contributed by atoms with E-state index in [1.807, 2.05) is 13.2 Å². The molecular formula is C26H29N3O6S2. The van der Waals surface area contributed by atoms with E-state index in [1.165, 1.54) is 37.2 Å². The molecular weight excluding hydrogens is 514 g/mol. The third kappa shape index (κ3) is 7.17. The third-order valence-electron chi connectivity index (χ3n) is 5.20. The second-order valence-corrected chi connectivity index (χ2v) is 10.3. The Balaban J connectivity index is 1.85. The van der Waals surface area contributed by atoms with Gasteiger partial charge in [0.05, 0.1) is 37.6 Å². The molecule has 0 spiro atoms. The summed E-state index contributed by atoms with van der Waals surface area (Å²) in [4.78, 5) is 13.8. The fourth-order valence-corrected chi connectivity index (χ4v) is 5.16. The SMILES string of the molecule is CCOc1ccc(N(CC(=O)N/N=C\c2ccc(OC)cc2OC)S(=O)(=O)c2ccc(SC)cc2)cc1. The molecule has 0 aromatic heterocycles. The number of hydrogen-bond acceptors (Lipinski definition) is 8. The molecule has 0 fully saturated rings. The first-order chi connectivity index (χ1) is 17.8. The molecule has 37 heavy (non-hydrogen) atoms. The lowest BCUT2D eigenvalue weighted by Gasteiger charge is -2.24. The lowest BCUT2D eigenvalue weighted by Crippen LogP contribution is -2.39. The van der Waals surface area contributed by atoms with E-state index in [0.29, 0.717) is 35.1 Å². The van der Waals surface area contributed by atoms with Crippen LogP contribution in [0.4, 0.5) is 5.69 Å². The number of hydrogen-bond donors (Lipinski definition) is 1. The molecule has 196 valence electrons. The average molecular weight is 544 g/mol. The Hall–Kier alpha value is -3.70. The van der Waals surface area contributed by atoms with Crippen molar-refractivity contribution < 1.29 is 27.4 Å². The molecule has 0 radical (unpaired) electrons. The topological polar surface area (TPSA) is 107 Å². The van der Waals surface area contributed by atoms with Crippen molar-refractivity contribution in [1.29, 1.82) is 0 Å². The zero-order valence-corrected chi connectivity index (χ0v) is 22.6. The minimum absolute atomic E-state index is 0.0680. The zero-order chi connectivity index (χ0) is 26.8. The highest BCUT2D eigenvalue weighted by Gasteiger charge is 2.27. The van der Waals surface area contributed by atoms with E-state index in [2.05, 4.69) is 10.5 Å². The number of benzene rings is 3. The van der Waals surface area contributed by atoms with Crippen LogP contribution in [-0.2, 0) is 14.8 Å². The van der Waals surface area contributed by atoms with Crippen LogP contribution in [0.2, 0.25) is 0 Å². The summed E-state index contributed by atoms with van der Waals surface area (Å²) in [6, 6.07) is 18.1. The molecule has 11 heteroatoms. The second kappa shape index (κ2) is 13.0. The minimum atomic E-state index is -4.06. The van der Waals surface area contributed by atoms with Crippen molar-refractivity contribution in [1.82, 2.24) is 5.43 Å². The highest BCUT2D eigenvalue weighted by Crippen LogP contribution is 2.27. The molecule has 1 N–H and O–H groups in total. The first kappa shape index (κ1) is 27.9. The number of hydrazone groups is 1. The predicted molar refractivity (Wildman–Crippen MR) is 146 cm³/mol. The Bertz CT molecular complexity index is 1330. The molecule has 3 rings (SSSR count). The van der Waals surface area contributed by atoms with Crippen LogP contribution in [0.3, 0.4) is 0 Å². The zero-order valence-electron chi connectivity index (χ0n) is 21.0. The molecule has 1 amide bonds. The van der Waals surface area contributed by atoms with Gasteiger partial charge in [0.15, 0.2) is 0 Å². The summed E-state index contributed by atoms with van der Waals surface area (Å²) in [5.74, 6) is 1.08. The Morgan fingerprint density at radius 3 is 2.27 bits per heavy atom. The molecule has 3 aromatic rings. The van der Waals surface area contributed by atoms with Gasteiger partial charge in [-0.1, -0.05) is 0 Å². The van der Waals surface area contributed by atoms with Gasteiger partial charge < -0.3 is 14.2 Å². The minimum Gasteiger partial charge on any atom is -0.497 e. The van der Waals surface area contributed by atoms with Crippen molar-refractivity contribution in [2.45, 2.75) is 16.7 Å². The van der Waals surface area contributed by atoms with Gasteiger partial charge in [-0.05, 0) is 73.8 Å². The van der Waals surface area contributed by atoms with Crippen LogP contribution in [-0.4, -0.2) is 54.2 Å². The van der Waals surface area contributed by atoms with Gasteiger partial charge in [-0.15, -0.1) is 11.8 Å². The van der Waals surface area contributed by atoms with Gasteiger partial charge in [0.1, 0.15) is 23.8 Å². The number of amides is 1. The summed E-state index contributed by atoms with van der Waals surface area (Å²) in [7, 11) is -1.00. The predicted octanol–water partition coefficient (Wildman–Crippen LogP) is 4.17. The number of nitrogens with one attached hydrogen (secondary N) is 1. The summed E-state index contributed by atoms with van der Waals surface area (Å²) >= 11 is 1.50. The van der Waals surface area contributed by atoms with Crippen LogP contribution in [0, 0.1) is 0 Å². The van der Waals surface area contributed by atoms with Crippen LogP contribution in [0.5, 0.6) is 17.2 Å². The van der Waals surface area contributed by atoms with E-state index in [9.17, 15) is 13.2 Å². The molecule has 0 atom stereocenters. The molecule has 0 aliphatic carbocycles. The first-order valence-electron chi connectivity index (χ1n) is 11.3. The number of anilines is 1. The maximum Gasteiger partial charge on any atom is 0.264 e. The highest BCUT2D eigenvalue weighted by atomic mass is 32.2. The summed E-state index contributed by atoms with van der Waals surface area (Å²) < 4.78 is 44.1. The van der Waals surface area contributed by atoms with E-state index in [4.69, 9.17) is 14.2 Å². The van der Waals surface area contributed by atoms with Crippen LogP contribution in [0.25, 0.3) is 0 Å². The molecule has 0 aliphatic heterocycles. The Labute approximate surface area is 221 Å². The van der Waals surface area contributed by atoms with Gasteiger partial charge in [0.25, 0.3) is 15.9 Å². The molecule has 3 aromatic carbocycles. The van der Waals surface area contributed by atoms with E-state index in [1.54, 1.807) is 61.7 Å². The van der Waals surface area contributed by atoms with Crippen molar-refractivity contribution in [3.8, 4) is 17.2 Å². The van der Waals surface area contributed by atoms with Gasteiger partial charge in [-0.25, -0.2) is 13.8 Å². The molecule has 0 saturated heterocycles. The molecule has 0 heterocycles. The van der Waals surface area contributed by atoms with Crippen LogP contribution < -0.4 is 23.9 Å². The lowest BCUT2D eigenvalue weighted by atomic mass is 10.2. The molecule has 0 saturated carbocycles. The molecule has 0 bridgehead atoms. The molecule has 9 nitrogen and oxygen atoms in total. The van der Waals surface area contributed by atoms with E-state index in [0.717, 1.165) is 9.20 Å². The molecule has 0 aliphatic rings. The van der Waals surface area contributed by atoms with Gasteiger partial charge in [0, 0.05) is 16.5 Å². The largest absolute Gasteiger partial charge is 0.497 e. The van der Waals surface area contributed by atoms with Crippen molar-refractivity contribution in [3.05, 3.63) is 72.3 Å². The van der Waals surface area contributed by atoms with Crippen LogP contribution >= 0.6 is 11.8 Å². The van der Waals surface area contributed by atoms with Crippen molar-refractivity contribution >= 4 is 39.6 Å².